The fraction of sp³-hybridized carbons (Fsp3) is 1.00. The molecule has 0 aromatic carbocycles. The minimum absolute atomic E-state index is 0.693. The summed E-state index contributed by atoms with van der Waals surface area (Å²) < 4.78 is 0. The van der Waals surface area contributed by atoms with Crippen molar-refractivity contribution >= 4 is 0 Å². The van der Waals surface area contributed by atoms with Crippen molar-refractivity contribution in [1.29, 1.82) is 0 Å². The maximum atomic E-state index is 2.72. The molecule has 1 spiro atoms. The summed E-state index contributed by atoms with van der Waals surface area (Å²) in [6, 6.07) is 0.791. The second kappa shape index (κ2) is 6.13. The highest BCUT2D eigenvalue weighted by Crippen LogP contribution is 2.42. The standard InChI is InChI=1S/C17H34N2/c1-14(2)10-16(5)19-12-17(13-19)6-8-18(9-7-17)11-15(3)4/h14-16H,6-13H2,1-5H3. The van der Waals surface area contributed by atoms with Crippen molar-refractivity contribution in [3.05, 3.63) is 0 Å². The van der Waals surface area contributed by atoms with Crippen LogP contribution in [-0.4, -0.2) is 48.6 Å². The second-order valence-corrected chi connectivity index (χ2v) is 8.08. The van der Waals surface area contributed by atoms with E-state index in [2.05, 4.69) is 44.4 Å². The minimum Gasteiger partial charge on any atom is -0.303 e. The van der Waals surface area contributed by atoms with Crippen molar-refractivity contribution in [3.8, 4) is 0 Å². The van der Waals surface area contributed by atoms with Crippen LogP contribution in [0.3, 0.4) is 0 Å². The van der Waals surface area contributed by atoms with Crippen LogP contribution >= 0.6 is 0 Å². The van der Waals surface area contributed by atoms with Crippen molar-refractivity contribution in [1.82, 2.24) is 9.80 Å². The van der Waals surface area contributed by atoms with Gasteiger partial charge in [0.1, 0.15) is 0 Å². The van der Waals surface area contributed by atoms with E-state index < -0.39 is 0 Å². The highest BCUT2D eigenvalue weighted by Gasteiger charge is 2.45. The highest BCUT2D eigenvalue weighted by atomic mass is 15.2. The third-order valence-electron chi connectivity index (χ3n) is 5.05. The summed E-state index contributed by atoms with van der Waals surface area (Å²) in [6.45, 7) is 18.5. The van der Waals surface area contributed by atoms with E-state index >= 15 is 0 Å². The van der Waals surface area contributed by atoms with Crippen molar-refractivity contribution in [2.24, 2.45) is 17.3 Å². The molecular formula is C17H34N2. The van der Waals surface area contributed by atoms with E-state index in [4.69, 9.17) is 0 Å². The Labute approximate surface area is 120 Å². The number of rotatable bonds is 5. The number of hydrogen-bond acceptors (Lipinski definition) is 2. The summed E-state index contributed by atoms with van der Waals surface area (Å²) in [5.74, 6) is 1.65. The van der Waals surface area contributed by atoms with E-state index in [-0.39, 0.29) is 0 Å². The molecule has 19 heavy (non-hydrogen) atoms. The van der Waals surface area contributed by atoms with E-state index in [0.29, 0.717) is 5.41 Å². The summed E-state index contributed by atoms with van der Waals surface area (Å²) in [4.78, 5) is 5.40. The van der Waals surface area contributed by atoms with Crippen LogP contribution in [0.1, 0.15) is 53.9 Å². The fourth-order valence-electron chi connectivity index (χ4n) is 4.00. The molecule has 2 fully saturated rings. The maximum Gasteiger partial charge on any atom is 0.00698 e. The van der Waals surface area contributed by atoms with Gasteiger partial charge >= 0.3 is 0 Å². The Morgan fingerprint density at radius 2 is 1.47 bits per heavy atom. The van der Waals surface area contributed by atoms with Crippen LogP contribution in [-0.2, 0) is 0 Å². The molecule has 2 heteroatoms. The van der Waals surface area contributed by atoms with Gasteiger partial charge in [0, 0.05) is 25.7 Å². The molecule has 2 rings (SSSR count). The van der Waals surface area contributed by atoms with Gasteiger partial charge < -0.3 is 4.90 Å². The molecule has 112 valence electrons. The predicted octanol–water partition coefficient (Wildman–Crippen LogP) is 3.47. The summed E-state index contributed by atoms with van der Waals surface area (Å²) in [5, 5.41) is 0. The Morgan fingerprint density at radius 1 is 0.895 bits per heavy atom. The van der Waals surface area contributed by atoms with E-state index in [1.807, 2.05) is 0 Å². The van der Waals surface area contributed by atoms with Gasteiger partial charge in [0.2, 0.25) is 0 Å². The lowest BCUT2D eigenvalue weighted by molar-refractivity contribution is -0.0700. The van der Waals surface area contributed by atoms with Crippen LogP contribution in [0, 0.1) is 17.3 Å². The molecule has 1 unspecified atom stereocenters. The van der Waals surface area contributed by atoms with Crippen molar-refractivity contribution < 1.29 is 0 Å². The van der Waals surface area contributed by atoms with Gasteiger partial charge in [-0.15, -0.1) is 0 Å². The molecule has 2 saturated heterocycles. The van der Waals surface area contributed by atoms with E-state index in [1.165, 1.54) is 52.0 Å². The SMILES string of the molecule is CC(C)CC(C)N1CC2(CCN(CC(C)C)CC2)C1. The van der Waals surface area contributed by atoms with Crippen LogP contribution in [0.25, 0.3) is 0 Å². The van der Waals surface area contributed by atoms with Gasteiger partial charge in [-0.25, -0.2) is 0 Å². The average Bonchev–Trinajstić information content (AvgIpc) is 2.25. The zero-order valence-corrected chi connectivity index (χ0v) is 13.8. The van der Waals surface area contributed by atoms with Crippen LogP contribution in [0.2, 0.25) is 0 Å². The molecule has 2 heterocycles. The first-order valence-electron chi connectivity index (χ1n) is 8.37. The van der Waals surface area contributed by atoms with Crippen LogP contribution < -0.4 is 0 Å². The molecule has 2 aliphatic rings. The third-order valence-corrected chi connectivity index (χ3v) is 5.05. The first-order chi connectivity index (χ1) is 8.90. The minimum atomic E-state index is 0.693. The Balaban J connectivity index is 1.72. The molecule has 0 saturated carbocycles. The third kappa shape index (κ3) is 3.95. The molecule has 0 radical (unpaired) electrons. The summed E-state index contributed by atoms with van der Waals surface area (Å²) >= 11 is 0. The Bertz CT molecular complexity index is 269. The van der Waals surface area contributed by atoms with Gasteiger partial charge in [-0.3, -0.25) is 4.90 Å². The average molecular weight is 266 g/mol. The van der Waals surface area contributed by atoms with Crippen LogP contribution in [0.15, 0.2) is 0 Å². The lowest BCUT2D eigenvalue weighted by Crippen LogP contribution is -2.62. The van der Waals surface area contributed by atoms with Crippen LogP contribution in [0.4, 0.5) is 0 Å². The molecule has 0 aromatic heterocycles. The molecule has 0 bridgehead atoms. The monoisotopic (exact) mass is 266 g/mol. The zero-order valence-electron chi connectivity index (χ0n) is 13.8. The Hall–Kier alpha value is -0.0800. The largest absolute Gasteiger partial charge is 0.303 e. The number of nitrogens with zero attached hydrogens (tertiary/aromatic N) is 2. The second-order valence-electron chi connectivity index (χ2n) is 8.08. The van der Waals surface area contributed by atoms with Crippen molar-refractivity contribution in [2.45, 2.75) is 59.9 Å². The zero-order chi connectivity index (χ0) is 14.0. The molecule has 1 atom stereocenters. The Kier molecular flexibility index (Phi) is 4.94. The number of likely N-dealkylation sites (tertiary alicyclic amines) is 2. The molecule has 2 nitrogen and oxygen atoms in total. The van der Waals surface area contributed by atoms with Gasteiger partial charge in [-0.1, -0.05) is 27.7 Å². The molecule has 0 aliphatic carbocycles. The van der Waals surface area contributed by atoms with Gasteiger partial charge in [0.25, 0.3) is 0 Å². The molecule has 0 amide bonds. The van der Waals surface area contributed by atoms with Crippen molar-refractivity contribution in [3.63, 3.8) is 0 Å². The Morgan fingerprint density at radius 3 is 1.95 bits per heavy atom. The van der Waals surface area contributed by atoms with Crippen LogP contribution in [0.5, 0.6) is 0 Å². The topological polar surface area (TPSA) is 6.48 Å². The first kappa shape index (κ1) is 15.3. The maximum absolute atomic E-state index is 2.72. The highest BCUT2D eigenvalue weighted by molar-refractivity contribution is 4.99. The lowest BCUT2D eigenvalue weighted by atomic mass is 9.71. The summed E-state index contributed by atoms with van der Waals surface area (Å²) in [6.07, 6.45) is 4.23. The summed E-state index contributed by atoms with van der Waals surface area (Å²) in [5.41, 5.74) is 0.693. The van der Waals surface area contributed by atoms with E-state index in [0.717, 1.165) is 17.9 Å². The normalized spacial score (nSPS) is 26.1. The van der Waals surface area contributed by atoms with Gasteiger partial charge in [0.15, 0.2) is 0 Å². The molecule has 0 N–H and O–H groups in total. The summed E-state index contributed by atoms with van der Waals surface area (Å²) in [7, 11) is 0. The molecule has 0 aromatic rings. The number of hydrogen-bond donors (Lipinski definition) is 0. The quantitative estimate of drug-likeness (QED) is 0.752. The molecular weight excluding hydrogens is 232 g/mol. The predicted molar refractivity (Wildman–Crippen MR) is 83.4 cm³/mol. The van der Waals surface area contributed by atoms with Gasteiger partial charge in [0.05, 0.1) is 0 Å². The smallest absolute Gasteiger partial charge is 0.00698 e. The van der Waals surface area contributed by atoms with Crippen molar-refractivity contribution in [2.75, 3.05) is 32.7 Å². The first-order valence-corrected chi connectivity index (χ1v) is 8.37. The molecule has 2 aliphatic heterocycles. The van der Waals surface area contributed by atoms with E-state index in [1.54, 1.807) is 0 Å². The lowest BCUT2D eigenvalue weighted by Gasteiger charge is -2.56. The fourth-order valence-corrected chi connectivity index (χ4v) is 4.00. The number of piperidine rings is 1. The van der Waals surface area contributed by atoms with E-state index in [9.17, 15) is 0 Å². The van der Waals surface area contributed by atoms with Gasteiger partial charge in [-0.05, 0) is 56.5 Å². The van der Waals surface area contributed by atoms with Gasteiger partial charge in [-0.2, -0.15) is 0 Å².